The Morgan fingerprint density at radius 1 is 1.09 bits per heavy atom. The van der Waals surface area contributed by atoms with Gasteiger partial charge >= 0.3 is 0 Å². The molecule has 168 valence electrons. The van der Waals surface area contributed by atoms with E-state index in [1.54, 1.807) is 12.3 Å². The molecule has 1 saturated heterocycles. The first kappa shape index (κ1) is 21.2. The number of rotatable bonds is 6. The van der Waals surface area contributed by atoms with Crippen molar-refractivity contribution in [2.75, 3.05) is 13.1 Å². The van der Waals surface area contributed by atoms with E-state index in [1.165, 1.54) is 24.1 Å². The van der Waals surface area contributed by atoms with Crippen LogP contribution in [0.2, 0.25) is 0 Å². The van der Waals surface area contributed by atoms with Crippen LogP contribution in [0.4, 0.5) is 4.39 Å². The van der Waals surface area contributed by atoms with Crippen LogP contribution in [-0.4, -0.2) is 32.6 Å². The molecule has 0 spiro atoms. The molecule has 2 aromatic carbocycles. The number of nitrogens with zero attached hydrogens (tertiary/aromatic N) is 3. The van der Waals surface area contributed by atoms with Gasteiger partial charge in [-0.25, -0.2) is 9.37 Å². The molecule has 1 unspecified atom stereocenters. The van der Waals surface area contributed by atoms with Crippen LogP contribution < -0.4 is 4.74 Å². The molecule has 5 rings (SSSR count). The summed E-state index contributed by atoms with van der Waals surface area (Å²) >= 11 is 0. The summed E-state index contributed by atoms with van der Waals surface area (Å²) in [4.78, 5) is 6.98. The number of benzene rings is 2. The molecule has 6 heteroatoms. The molecule has 2 fully saturated rings. The average molecular weight is 436 g/mol. The summed E-state index contributed by atoms with van der Waals surface area (Å²) in [5.41, 5.74) is 1.21. The molecule has 2 bridgehead atoms. The summed E-state index contributed by atoms with van der Waals surface area (Å²) in [6.45, 7) is 2.95. The van der Waals surface area contributed by atoms with Gasteiger partial charge in [-0.2, -0.15) is 0 Å². The molecule has 1 N–H and O–H groups in total. The molecule has 2 aliphatic rings. The predicted octanol–water partition coefficient (Wildman–Crippen LogP) is 4.26. The smallest absolute Gasteiger partial charge is 0.141 e. The highest BCUT2D eigenvalue weighted by atomic mass is 19.1. The average Bonchev–Trinajstić information content (AvgIpc) is 3.21. The number of ether oxygens (including phenoxy) is 1. The number of aliphatic hydroxyl groups is 1. The molecule has 5 nitrogen and oxygen atoms in total. The van der Waals surface area contributed by atoms with Gasteiger partial charge in [0, 0.05) is 50.9 Å². The maximum Gasteiger partial charge on any atom is 0.141 e. The number of halogens is 1. The molecule has 1 saturated carbocycles. The second kappa shape index (κ2) is 8.68. The first-order valence-corrected chi connectivity index (χ1v) is 11.4. The van der Waals surface area contributed by atoms with Crippen molar-refractivity contribution in [3.8, 4) is 5.75 Å². The highest BCUT2D eigenvalue weighted by Gasteiger charge is 2.53. The van der Waals surface area contributed by atoms with E-state index in [0.29, 0.717) is 6.61 Å². The van der Waals surface area contributed by atoms with E-state index in [-0.39, 0.29) is 17.7 Å². The number of hydrogen-bond donors (Lipinski definition) is 1. The zero-order valence-electron chi connectivity index (χ0n) is 18.5. The van der Waals surface area contributed by atoms with Gasteiger partial charge in [0.25, 0.3) is 0 Å². The van der Waals surface area contributed by atoms with Crippen LogP contribution in [0.1, 0.15) is 36.2 Å². The van der Waals surface area contributed by atoms with Gasteiger partial charge in [-0.05, 0) is 48.2 Å². The van der Waals surface area contributed by atoms with E-state index in [1.807, 2.05) is 36.0 Å². The quantitative estimate of drug-likeness (QED) is 0.629. The Hall–Kier alpha value is -2.70. The van der Waals surface area contributed by atoms with Crippen molar-refractivity contribution in [3.05, 3.63) is 83.7 Å². The van der Waals surface area contributed by atoms with E-state index < -0.39 is 5.60 Å². The molecule has 2 heterocycles. The lowest BCUT2D eigenvalue weighted by molar-refractivity contribution is -0.155. The zero-order valence-corrected chi connectivity index (χ0v) is 18.5. The van der Waals surface area contributed by atoms with Gasteiger partial charge in [0.15, 0.2) is 0 Å². The molecule has 32 heavy (non-hydrogen) atoms. The van der Waals surface area contributed by atoms with Crippen molar-refractivity contribution in [1.29, 1.82) is 0 Å². The molecule has 1 aliphatic carbocycles. The standard InChI is InChI=1S/C26H30FN3O2/c1-29-13-12-28-25(29)26(31)21-5-3-6-22(26)17-30(16-21)15-19-8-10-24(11-9-19)32-18-20-4-2-7-23(27)14-20/h2,4,7-14,21-22,31H,3,5-6,15-18H2,1H3/t21-,22+,26?. The van der Waals surface area contributed by atoms with E-state index in [0.717, 1.165) is 49.6 Å². The number of piperidine rings is 1. The van der Waals surface area contributed by atoms with Gasteiger partial charge < -0.3 is 14.4 Å². The van der Waals surface area contributed by atoms with Crippen LogP contribution in [0, 0.1) is 17.7 Å². The lowest BCUT2D eigenvalue weighted by atomic mass is 9.65. The molecule has 3 atom stereocenters. The highest BCUT2D eigenvalue weighted by molar-refractivity contribution is 5.28. The lowest BCUT2D eigenvalue weighted by Gasteiger charge is -2.52. The summed E-state index contributed by atoms with van der Waals surface area (Å²) < 4.78 is 21.1. The lowest BCUT2D eigenvalue weighted by Crippen LogP contribution is -2.58. The van der Waals surface area contributed by atoms with Crippen LogP contribution in [-0.2, 0) is 25.8 Å². The molecule has 1 aliphatic heterocycles. The van der Waals surface area contributed by atoms with Gasteiger partial charge in [-0.1, -0.05) is 30.7 Å². The van der Waals surface area contributed by atoms with Crippen molar-refractivity contribution >= 4 is 0 Å². The Balaban J connectivity index is 1.22. The zero-order chi connectivity index (χ0) is 22.1. The minimum Gasteiger partial charge on any atom is -0.489 e. The summed E-state index contributed by atoms with van der Waals surface area (Å²) in [6, 6.07) is 14.6. The van der Waals surface area contributed by atoms with Gasteiger partial charge in [0.2, 0.25) is 0 Å². The summed E-state index contributed by atoms with van der Waals surface area (Å²) in [6.07, 6.45) is 6.94. The molecule has 3 aromatic rings. The maximum atomic E-state index is 13.3. The van der Waals surface area contributed by atoms with Crippen molar-refractivity contribution in [2.45, 2.75) is 38.0 Å². The van der Waals surface area contributed by atoms with Gasteiger partial charge in [-0.15, -0.1) is 0 Å². The molecule has 0 radical (unpaired) electrons. The number of aromatic nitrogens is 2. The van der Waals surface area contributed by atoms with Gasteiger partial charge in [0.05, 0.1) is 0 Å². The molecule has 1 aromatic heterocycles. The van der Waals surface area contributed by atoms with Crippen LogP contribution in [0.3, 0.4) is 0 Å². The second-order valence-corrected chi connectivity index (χ2v) is 9.27. The third-order valence-electron chi connectivity index (χ3n) is 7.11. The fourth-order valence-electron chi connectivity index (χ4n) is 5.53. The fourth-order valence-corrected chi connectivity index (χ4v) is 5.53. The minimum atomic E-state index is -0.832. The maximum absolute atomic E-state index is 13.3. The van der Waals surface area contributed by atoms with Crippen molar-refractivity contribution < 1.29 is 14.2 Å². The first-order valence-electron chi connectivity index (χ1n) is 11.4. The van der Waals surface area contributed by atoms with E-state index in [9.17, 15) is 9.50 Å². The third kappa shape index (κ3) is 4.05. The largest absolute Gasteiger partial charge is 0.489 e. The Bertz CT molecular complexity index is 1050. The Morgan fingerprint density at radius 2 is 1.84 bits per heavy atom. The molecule has 0 amide bonds. The molecular weight excluding hydrogens is 405 g/mol. The molecular formula is C26H30FN3O2. The second-order valence-electron chi connectivity index (χ2n) is 9.27. The van der Waals surface area contributed by atoms with E-state index in [2.05, 4.69) is 22.0 Å². The number of fused-ring (bicyclic) bond motifs is 2. The number of imidazole rings is 1. The first-order chi connectivity index (χ1) is 15.5. The van der Waals surface area contributed by atoms with Crippen LogP contribution in [0.25, 0.3) is 0 Å². The van der Waals surface area contributed by atoms with E-state index in [4.69, 9.17) is 4.74 Å². The normalized spacial score (nSPS) is 25.6. The van der Waals surface area contributed by atoms with Crippen molar-refractivity contribution in [1.82, 2.24) is 14.5 Å². The van der Waals surface area contributed by atoms with Crippen LogP contribution in [0.15, 0.2) is 60.9 Å². The van der Waals surface area contributed by atoms with Crippen LogP contribution in [0.5, 0.6) is 5.75 Å². The highest BCUT2D eigenvalue weighted by Crippen LogP contribution is 2.48. The summed E-state index contributed by atoms with van der Waals surface area (Å²) in [5, 5.41) is 11.7. The van der Waals surface area contributed by atoms with E-state index >= 15 is 0 Å². The Labute approximate surface area is 188 Å². The van der Waals surface area contributed by atoms with Crippen molar-refractivity contribution in [3.63, 3.8) is 0 Å². The minimum absolute atomic E-state index is 0.199. The fraction of sp³-hybridized carbons (Fsp3) is 0.423. The van der Waals surface area contributed by atoms with Crippen molar-refractivity contribution in [2.24, 2.45) is 18.9 Å². The summed E-state index contributed by atoms with van der Waals surface area (Å²) in [7, 11) is 1.97. The number of likely N-dealkylation sites (tertiary alicyclic amines) is 1. The third-order valence-corrected chi connectivity index (χ3v) is 7.11. The number of hydrogen-bond acceptors (Lipinski definition) is 4. The van der Waals surface area contributed by atoms with Crippen LogP contribution >= 0.6 is 0 Å². The Kier molecular flexibility index (Phi) is 5.74. The summed E-state index contributed by atoms with van der Waals surface area (Å²) in [5.74, 6) is 1.74. The predicted molar refractivity (Wildman–Crippen MR) is 120 cm³/mol. The SMILES string of the molecule is Cn1ccnc1C1(O)[C@@H]2CCC[C@H]1CN(Cc1ccc(OCc3cccc(F)c3)cc1)C2. The van der Waals surface area contributed by atoms with Gasteiger partial charge in [-0.3, -0.25) is 4.90 Å². The topological polar surface area (TPSA) is 50.5 Å². The Morgan fingerprint density at radius 3 is 2.50 bits per heavy atom. The monoisotopic (exact) mass is 435 g/mol. The number of aryl methyl sites for hydroxylation is 1. The van der Waals surface area contributed by atoms with Gasteiger partial charge in [0.1, 0.15) is 29.6 Å².